The minimum absolute atomic E-state index is 0.112. The predicted molar refractivity (Wildman–Crippen MR) is 98.4 cm³/mol. The first kappa shape index (κ1) is 18.1. The van der Waals surface area contributed by atoms with Gasteiger partial charge in [0.25, 0.3) is 5.91 Å². The van der Waals surface area contributed by atoms with Gasteiger partial charge < -0.3 is 24.3 Å². The average Bonchev–Trinajstić information content (AvgIpc) is 3.20. The second kappa shape index (κ2) is 8.58. The number of nitrogens with one attached hydrogen (secondary N) is 1. The Morgan fingerprint density at radius 1 is 1.15 bits per heavy atom. The number of carbonyl (C=O) groups is 1. The van der Waals surface area contributed by atoms with E-state index in [4.69, 9.17) is 18.9 Å². The van der Waals surface area contributed by atoms with E-state index < -0.39 is 0 Å². The molecule has 1 aliphatic heterocycles. The Labute approximate surface area is 153 Å². The first-order valence-corrected chi connectivity index (χ1v) is 8.58. The quantitative estimate of drug-likeness (QED) is 0.821. The number of hydrogen-bond donors (Lipinski definition) is 1. The highest BCUT2D eigenvalue weighted by molar-refractivity contribution is 6.07. The van der Waals surface area contributed by atoms with Crippen LogP contribution in [0.3, 0.4) is 0 Å². The number of para-hydroxylation sites is 2. The lowest BCUT2D eigenvalue weighted by Crippen LogP contribution is -2.18. The molecule has 2 aromatic carbocycles. The molecule has 1 N–H and O–H groups in total. The Balaban J connectivity index is 1.73. The fourth-order valence-electron chi connectivity index (χ4n) is 2.83. The maximum absolute atomic E-state index is 12.7. The molecule has 3 rings (SSSR count). The molecule has 1 heterocycles. The fourth-order valence-corrected chi connectivity index (χ4v) is 2.83. The molecular formula is C20H23NO5. The normalized spacial score (nSPS) is 16.2. The van der Waals surface area contributed by atoms with Gasteiger partial charge in [0.1, 0.15) is 23.9 Å². The third-order valence-electron chi connectivity index (χ3n) is 4.24. The zero-order valence-corrected chi connectivity index (χ0v) is 15.0. The van der Waals surface area contributed by atoms with Crippen molar-refractivity contribution in [2.45, 2.75) is 18.9 Å². The molecule has 1 aliphatic rings. The van der Waals surface area contributed by atoms with Crippen molar-refractivity contribution in [1.29, 1.82) is 0 Å². The summed E-state index contributed by atoms with van der Waals surface area (Å²) in [5, 5.41) is 2.89. The summed E-state index contributed by atoms with van der Waals surface area (Å²) in [5.74, 6) is 1.40. The molecule has 6 nitrogen and oxygen atoms in total. The van der Waals surface area contributed by atoms with Crippen LogP contribution in [0.15, 0.2) is 42.5 Å². The zero-order chi connectivity index (χ0) is 18.4. The number of carbonyl (C=O) groups excluding carboxylic acids is 1. The summed E-state index contributed by atoms with van der Waals surface area (Å²) in [6, 6.07) is 12.4. The summed E-state index contributed by atoms with van der Waals surface area (Å²) in [5.41, 5.74) is 1.02. The van der Waals surface area contributed by atoms with Crippen molar-refractivity contribution in [1.82, 2.24) is 0 Å². The Hall–Kier alpha value is -2.73. The van der Waals surface area contributed by atoms with Gasteiger partial charge in [-0.1, -0.05) is 12.1 Å². The maximum Gasteiger partial charge on any atom is 0.259 e. The van der Waals surface area contributed by atoms with E-state index in [1.54, 1.807) is 31.4 Å². The SMILES string of the molecule is COc1ccc(C(=O)Nc2ccccc2OC[C@@H]2CCCO2)c(OC)c1. The van der Waals surface area contributed by atoms with Gasteiger partial charge in [-0.05, 0) is 37.1 Å². The van der Waals surface area contributed by atoms with Gasteiger partial charge in [0.05, 0.1) is 31.6 Å². The molecule has 0 aromatic heterocycles. The van der Waals surface area contributed by atoms with Crippen LogP contribution in [0.25, 0.3) is 0 Å². The molecule has 1 amide bonds. The van der Waals surface area contributed by atoms with E-state index in [-0.39, 0.29) is 12.0 Å². The molecule has 0 unspecified atom stereocenters. The second-order valence-electron chi connectivity index (χ2n) is 5.96. The van der Waals surface area contributed by atoms with E-state index in [9.17, 15) is 4.79 Å². The standard InChI is InChI=1S/C20H23NO5/c1-23-14-9-10-16(19(12-14)24-2)20(22)21-17-7-3-4-8-18(17)26-13-15-6-5-11-25-15/h3-4,7-10,12,15H,5-6,11,13H2,1-2H3,(H,21,22)/t15-/m0/s1. The Morgan fingerprint density at radius 3 is 2.73 bits per heavy atom. The summed E-state index contributed by atoms with van der Waals surface area (Å²) < 4.78 is 21.9. The summed E-state index contributed by atoms with van der Waals surface area (Å²) in [7, 11) is 3.08. The predicted octanol–water partition coefficient (Wildman–Crippen LogP) is 3.51. The van der Waals surface area contributed by atoms with Gasteiger partial charge in [-0.15, -0.1) is 0 Å². The molecule has 1 saturated heterocycles. The minimum Gasteiger partial charge on any atom is -0.497 e. The van der Waals surface area contributed by atoms with Crippen LogP contribution in [0, 0.1) is 0 Å². The summed E-state index contributed by atoms with van der Waals surface area (Å²) in [4.78, 5) is 12.7. The van der Waals surface area contributed by atoms with Crippen molar-refractivity contribution < 1.29 is 23.7 Å². The highest BCUT2D eigenvalue weighted by Gasteiger charge is 2.18. The molecule has 0 spiro atoms. The molecule has 138 valence electrons. The first-order valence-electron chi connectivity index (χ1n) is 8.58. The highest BCUT2D eigenvalue weighted by atomic mass is 16.5. The van der Waals surface area contributed by atoms with Gasteiger partial charge in [0, 0.05) is 12.7 Å². The van der Waals surface area contributed by atoms with Gasteiger partial charge in [-0.25, -0.2) is 0 Å². The topological polar surface area (TPSA) is 66.0 Å². The number of ether oxygens (including phenoxy) is 4. The molecule has 1 atom stereocenters. The number of methoxy groups -OCH3 is 2. The Morgan fingerprint density at radius 2 is 2.00 bits per heavy atom. The molecule has 0 bridgehead atoms. The van der Waals surface area contributed by atoms with Crippen LogP contribution < -0.4 is 19.5 Å². The Kier molecular flexibility index (Phi) is 5.96. The third kappa shape index (κ3) is 4.26. The van der Waals surface area contributed by atoms with E-state index in [0.717, 1.165) is 19.4 Å². The number of amides is 1. The molecule has 0 aliphatic carbocycles. The largest absolute Gasteiger partial charge is 0.497 e. The van der Waals surface area contributed by atoms with Crippen molar-refractivity contribution in [2.24, 2.45) is 0 Å². The molecule has 1 fully saturated rings. The van der Waals surface area contributed by atoms with Crippen molar-refractivity contribution in [2.75, 3.05) is 32.8 Å². The van der Waals surface area contributed by atoms with Crippen LogP contribution in [-0.2, 0) is 4.74 Å². The molecule has 26 heavy (non-hydrogen) atoms. The van der Waals surface area contributed by atoms with E-state index in [2.05, 4.69) is 5.32 Å². The molecule has 0 radical (unpaired) electrons. The fraction of sp³-hybridized carbons (Fsp3) is 0.350. The van der Waals surface area contributed by atoms with Crippen molar-refractivity contribution in [3.8, 4) is 17.2 Å². The monoisotopic (exact) mass is 357 g/mol. The Bertz CT molecular complexity index is 756. The zero-order valence-electron chi connectivity index (χ0n) is 15.0. The van der Waals surface area contributed by atoms with Crippen LogP contribution >= 0.6 is 0 Å². The van der Waals surface area contributed by atoms with Crippen LogP contribution in [0.5, 0.6) is 17.2 Å². The number of hydrogen-bond acceptors (Lipinski definition) is 5. The first-order chi connectivity index (χ1) is 12.7. The van der Waals surface area contributed by atoms with Crippen molar-refractivity contribution >= 4 is 11.6 Å². The third-order valence-corrected chi connectivity index (χ3v) is 4.24. The lowest BCUT2D eigenvalue weighted by molar-refractivity contribution is 0.0682. The lowest BCUT2D eigenvalue weighted by Gasteiger charge is -2.16. The van der Waals surface area contributed by atoms with Gasteiger partial charge in [0.15, 0.2) is 0 Å². The van der Waals surface area contributed by atoms with Crippen LogP contribution in [0.2, 0.25) is 0 Å². The van der Waals surface area contributed by atoms with E-state index in [1.165, 1.54) is 7.11 Å². The van der Waals surface area contributed by atoms with E-state index in [1.807, 2.05) is 18.2 Å². The van der Waals surface area contributed by atoms with Crippen molar-refractivity contribution in [3.05, 3.63) is 48.0 Å². The van der Waals surface area contributed by atoms with Crippen molar-refractivity contribution in [3.63, 3.8) is 0 Å². The van der Waals surface area contributed by atoms with Gasteiger partial charge in [-0.3, -0.25) is 4.79 Å². The summed E-state index contributed by atoms with van der Waals surface area (Å²) >= 11 is 0. The van der Waals surface area contributed by atoms with Crippen LogP contribution in [0.4, 0.5) is 5.69 Å². The number of benzene rings is 2. The number of rotatable bonds is 7. The summed E-state index contributed by atoms with van der Waals surface area (Å²) in [6.07, 6.45) is 2.17. The lowest BCUT2D eigenvalue weighted by atomic mass is 10.1. The van der Waals surface area contributed by atoms with Crippen LogP contribution in [-0.4, -0.2) is 39.4 Å². The summed E-state index contributed by atoms with van der Waals surface area (Å²) in [6.45, 7) is 1.25. The highest BCUT2D eigenvalue weighted by Crippen LogP contribution is 2.29. The van der Waals surface area contributed by atoms with Gasteiger partial charge >= 0.3 is 0 Å². The minimum atomic E-state index is -0.280. The van der Waals surface area contributed by atoms with Gasteiger partial charge in [0.2, 0.25) is 0 Å². The van der Waals surface area contributed by atoms with E-state index in [0.29, 0.717) is 35.1 Å². The molecule has 0 saturated carbocycles. The second-order valence-corrected chi connectivity index (χ2v) is 5.96. The van der Waals surface area contributed by atoms with Crippen LogP contribution in [0.1, 0.15) is 23.2 Å². The molecular weight excluding hydrogens is 334 g/mol. The van der Waals surface area contributed by atoms with E-state index >= 15 is 0 Å². The molecule has 6 heteroatoms. The number of anilines is 1. The molecule has 2 aromatic rings. The maximum atomic E-state index is 12.7. The average molecular weight is 357 g/mol. The van der Waals surface area contributed by atoms with Gasteiger partial charge in [-0.2, -0.15) is 0 Å². The smallest absolute Gasteiger partial charge is 0.259 e.